The van der Waals surface area contributed by atoms with Crippen LogP contribution in [0.5, 0.6) is 11.5 Å². The van der Waals surface area contributed by atoms with Gasteiger partial charge in [0.25, 0.3) is 5.91 Å². The van der Waals surface area contributed by atoms with Gasteiger partial charge in [-0.1, -0.05) is 30.3 Å². The summed E-state index contributed by atoms with van der Waals surface area (Å²) in [5, 5.41) is 19.7. The maximum Gasteiger partial charge on any atom is 0.410 e. The molecule has 4 aliphatic rings. The van der Waals surface area contributed by atoms with Crippen molar-refractivity contribution in [2.24, 2.45) is 4.99 Å². The largest absolute Gasteiger partial charge is 0.507 e. The van der Waals surface area contributed by atoms with Crippen LogP contribution in [0.1, 0.15) is 44.7 Å². The minimum absolute atomic E-state index is 0.0192. The normalized spacial score (nSPS) is 24.9. The minimum Gasteiger partial charge on any atom is -0.507 e. The van der Waals surface area contributed by atoms with E-state index in [1.165, 1.54) is 28.9 Å². The van der Waals surface area contributed by atoms with Gasteiger partial charge in [-0.3, -0.25) is 19.5 Å². The summed E-state index contributed by atoms with van der Waals surface area (Å²) in [6, 6.07) is 13.1. The van der Waals surface area contributed by atoms with Gasteiger partial charge in [-0.25, -0.2) is 9.59 Å². The summed E-state index contributed by atoms with van der Waals surface area (Å²) in [5.41, 5.74) is 1.33. The molecule has 2 aromatic carbocycles. The molecule has 2 aromatic rings. The van der Waals surface area contributed by atoms with Gasteiger partial charge in [-0.2, -0.15) is 0 Å². The molecule has 0 spiro atoms. The van der Waals surface area contributed by atoms with Crippen LogP contribution in [0.4, 0.5) is 4.79 Å². The lowest BCUT2D eigenvalue weighted by Crippen LogP contribution is -2.65. The van der Waals surface area contributed by atoms with Crippen LogP contribution in [0.3, 0.4) is 0 Å². The molecule has 0 bridgehead atoms. The standard InChI is InChI=1S/C36H40N4O8S/c1-36(2,3)48-35(46)38-15-14-24(20-38)39-16-13-22(31(39)42)17-25-28(18-21-9-6-8-12-27(21)47-4)49-33-29(32(43)40(33)30(25)34(44)45)37-19-23-10-5-7-11-26(23)41/h5-12,17,19,24,28-29,33,41H,13-16,18,20H2,1-4H3,(H,44,45)/b22-17+,37-19-/t24-,28?,29-,33?/m1/s1. The Bertz CT molecular complexity index is 1760. The lowest BCUT2D eigenvalue weighted by atomic mass is 9.95. The molecule has 12 nitrogen and oxygen atoms in total. The lowest BCUT2D eigenvalue weighted by Gasteiger charge is -2.49. The Morgan fingerprint density at radius 2 is 1.82 bits per heavy atom. The van der Waals surface area contributed by atoms with Gasteiger partial charge in [0, 0.05) is 42.2 Å². The van der Waals surface area contributed by atoms with Crippen molar-refractivity contribution in [2.75, 3.05) is 26.7 Å². The second kappa shape index (κ2) is 13.6. The molecule has 0 aliphatic carbocycles. The summed E-state index contributed by atoms with van der Waals surface area (Å²) >= 11 is 1.42. The van der Waals surface area contributed by atoms with Crippen molar-refractivity contribution in [1.82, 2.24) is 14.7 Å². The van der Waals surface area contributed by atoms with E-state index in [0.717, 1.165) is 5.56 Å². The van der Waals surface area contributed by atoms with E-state index in [1.807, 2.05) is 45.0 Å². The van der Waals surface area contributed by atoms with Gasteiger partial charge in [0.2, 0.25) is 5.91 Å². The second-order valence-corrected chi connectivity index (χ2v) is 14.7. The third-order valence-electron chi connectivity index (χ3n) is 9.03. The molecule has 3 saturated heterocycles. The highest BCUT2D eigenvalue weighted by molar-refractivity contribution is 8.00. The van der Waals surface area contributed by atoms with Crippen LogP contribution < -0.4 is 4.74 Å². The highest BCUT2D eigenvalue weighted by Crippen LogP contribution is 2.48. The fraction of sp³-hybridized carbons (Fsp3) is 0.417. The summed E-state index contributed by atoms with van der Waals surface area (Å²) < 4.78 is 11.1. The molecular formula is C36H40N4O8S. The summed E-state index contributed by atoms with van der Waals surface area (Å²) in [4.78, 5) is 62.1. The first-order chi connectivity index (χ1) is 23.4. The third-order valence-corrected chi connectivity index (χ3v) is 10.5. The number of β-lactam (4-membered cyclic amide) rings is 1. The van der Waals surface area contributed by atoms with Gasteiger partial charge in [0.1, 0.15) is 28.2 Å². The number of carboxylic acid groups (broad SMARTS) is 1. The van der Waals surface area contributed by atoms with Crippen molar-refractivity contribution in [3.8, 4) is 11.5 Å². The van der Waals surface area contributed by atoms with Crippen LogP contribution in [0, 0.1) is 0 Å². The number of fused-ring (bicyclic) bond motifs is 1. The Kier molecular flexibility index (Phi) is 9.47. The van der Waals surface area contributed by atoms with Crippen LogP contribution >= 0.6 is 11.8 Å². The Labute approximate surface area is 289 Å². The van der Waals surface area contributed by atoms with Crippen LogP contribution in [0.25, 0.3) is 0 Å². The predicted molar refractivity (Wildman–Crippen MR) is 183 cm³/mol. The quantitative estimate of drug-likeness (QED) is 0.236. The van der Waals surface area contributed by atoms with E-state index in [9.17, 15) is 29.4 Å². The zero-order chi connectivity index (χ0) is 35.0. The number of likely N-dealkylation sites (tertiary alicyclic amines) is 2. The van der Waals surface area contributed by atoms with E-state index >= 15 is 0 Å². The van der Waals surface area contributed by atoms with Crippen LogP contribution in [0.15, 0.2) is 76.4 Å². The average molecular weight is 689 g/mol. The molecule has 3 fully saturated rings. The number of para-hydroxylation sites is 2. The Morgan fingerprint density at radius 3 is 2.53 bits per heavy atom. The van der Waals surface area contributed by atoms with E-state index < -0.39 is 40.2 Å². The van der Waals surface area contributed by atoms with Crippen molar-refractivity contribution >= 4 is 41.9 Å². The predicted octanol–water partition coefficient (Wildman–Crippen LogP) is 4.22. The molecule has 258 valence electrons. The van der Waals surface area contributed by atoms with Crippen molar-refractivity contribution in [1.29, 1.82) is 0 Å². The number of methoxy groups -OCH3 is 1. The van der Waals surface area contributed by atoms with Gasteiger partial charge in [-0.05, 0) is 75.4 Å². The monoisotopic (exact) mass is 688 g/mol. The fourth-order valence-corrected chi connectivity index (χ4v) is 8.26. The molecule has 4 heterocycles. The van der Waals surface area contributed by atoms with Crippen LogP contribution in [-0.2, 0) is 25.5 Å². The van der Waals surface area contributed by atoms with Gasteiger partial charge < -0.3 is 29.5 Å². The molecule has 6 rings (SSSR count). The number of ether oxygens (including phenoxy) is 2. The SMILES string of the molecule is COc1ccccc1CC1SC2[C@H](/N=C\c3ccccc3O)C(=O)N2C(C(=O)O)=C1/C=C1\CCN([C@@H]2CCN(C(=O)OC(C)(C)C)C2)C1=O. The molecule has 13 heteroatoms. The maximum atomic E-state index is 13.8. The lowest BCUT2D eigenvalue weighted by molar-refractivity contribution is -0.147. The second-order valence-electron chi connectivity index (χ2n) is 13.4. The number of aliphatic carboxylic acids is 1. The van der Waals surface area contributed by atoms with Crippen LogP contribution in [0.2, 0.25) is 0 Å². The molecular weight excluding hydrogens is 648 g/mol. The number of benzene rings is 2. The molecule has 0 radical (unpaired) electrons. The number of rotatable bonds is 8. The number of phenolic OH excluding ortho intramolecular Hbond substituents is 1. The van der Waals surface area contributed by atoms with Crippen molar-refractivity contribution in [2.45, 2.75) is 68.3 Å². The number of nitrogens with zero attached hydrogens (tertiary/aromatic N) is 4. The zero-order valence-corrected chi connectivity index (χ0v) is 28.7. The van der Waals surface area contributed by atoms with Gasteiger partial charge in [0.05, 0.1) is 13.2 Å². The number of carboxylic acids is 1. The van der Waals surface area contributed by atoms with Crippen LogP contribution in [-0.4, -0.2) is 110 Å². The number of hydrogen-bond acceptors (Lipinski definition) is 9. The highest BCUT2D eigenvalue weighted by atomic mass is 32.2. The average Bonchev–Trinajstić information content (AvgIpc) is 3.68. The molecule has 0 saturated carbocycles. The molecule has 4 atom stereocenters. The molecule has 0 aromatic heterocycles. The summed E-state index contributed by atoms with van der Waals surface area (Å²) in [6.45, 7) is 6.69. The topological polar surface area (TPSA) is 149 Å². The summed E-state index contributed by atoms with van der Waals surface area (Å²) in [7, 11) is 1.57. The first-order valence-electron chi connectivity index (χ1n) is 16.2. The van der Waals surface area contributed by atoms with Crippen molar-refractivity contribution < 1.29 is 38.9 Å². The number of carbonyl (C=O) groups excluding carboxylic acids is 3. The first-order valence-corrected chi connectivity index (χ1v) is 17.2. The van der Waals surface area contributed by atoms with E-state index in [-0.39, 0.29) is 23.4 Å². The molecule has 2 N–H and O–H groups in total. The van der Waals surface area contributed by atoms with E-state index in [2.05, 4.69) is 4.99 Å². The zero-order valence-electron chi connectivity index (χ0n) is 27.9. The number of phenols is 1. The minimum atomic E-state index is -1.27. The van der Waals surface area contributed by atoms with Gasteiger partial charge in [0.15, 0.2) is 6.04 Å². The van der Waals surface area contributed by atoms with E-state index in [1.54, 1.807) is 41.2 Å². The van der Waals surface area contributed by atoms with E-state index in [4.69, 9.17) is 9.47 Å². The summed E-state index contributed by atoms with van der Waals surface area (Å²) in [6.07, 6.45) is 4.07. The molecule has 4 aliphatic heterocycles. The highest BCUT2D eigenvalue weighted by Gasteiger charge is 2.55. The number of aliphatic imine (C=N–C) groups is 1. The maximum absolute atomic E-state index is 13.8. The number of carbonyl (C=O) groups is 4. The molecule has 2 unspecified atom stereocenters. The smallest absolute Gasteiger partial charge is 0.410 e. The Hall–Kier alpha value is -4.78. The summed E-state index contributed by atoms with van der Waals surface area (Å²) in [5.74, 6) is -1.29. The number of hydrogen-bond donors (Lipinski definition) is 2. The number of aromatic hydroxyl groups is 1. The van der Waals surface area contributed by atoms with Gasteiger partial charge in [-0.15, -0.1) is 11.8 Å². The molecule has 3 amide bonds. The fourth-order valence-electron chi connectivity index (χ4n) is 6.66. The van der Waals surface area contributed by atoms with Gasteiger partial charge >= 0.3 is 12.1 Å². The number of amides is 3. The van der Waals surface area contributed by atoms with Crippen molar-refractivity contribution in [3.63, 3.8) is 0 Å². The third kappa shape index (κ3) is 6.89. The Balaban J connectivity index is 1.30. The Morgan fingerprint density at radius 1 is 1.08 bits per heavy atom. The van der Waals surface area contributed by atoms with E-state index in [0.29, 0.717) is 61.4 Å². The number of thioether (sulfide) groups is 1. The first kappa shape index (κ1) is 34.1. The number of allylic oxidation sites excluding steroid dienone is 1. The molecule has 49 heavy (non-hydrogen) atoms. The van der Waals surface area contributed by atoms with Crippen molar-refractivity contribution in [3.05, 3.63) is 82.6 Å².